The average Bonchev–Trinajstić information content (AvgIpc) is 2.98. The number of para-hydroxylation sites is 1. The van der Waals surface area contributed by atoms with Crippen molar-refractivity contribution < 1.29 is 9.59 Å². The van der Waals surface area contributed by atoms with E-state index in [4.69, 9.17) is 0 Å². The molecule has 0 aromatic heterocycles. The number of rotatable bonds is 4. The van der Waals surface area contributed by atoms with Gasteiger partial charge in [-0.15, -0.1) is 0 Å². The van der Waals surface area contributed by atoms with Crippen LogP contribution >= 0.6 is 0 Å². The molecule has 1 atom stereocenters. The molecule has 2 amide bonds. The maximum absolute atomic E-state index is 12.5. The molecule has 0 unspecified atom stereocenters. The van der Waals surface area contributed by atoms with Crippen LogP contribution in [0.4, 0.5) is 11.4 Å². The Kier molecular flexibility index (Phi) is 4.65. The maximum Gasteiger partial charge on any atom is 0.229 e. The van der Waals surface area contributed by atoms with E-state index in [1.165, 1.54) is 5.56 Å². The summed E-state index contributed by atoms with van der Waals surface area (Å²) >= 11 is 0. The van der Waals surface area contributed by atoms with Crippen molar-refractivity contribution in [1.29, 1.82) is 0 Å². The summed E-state index contributed by atoms with van der Waals surface area (Å²) in [5, 5.41) is 2.92. The van der Waals surface area contributed by atoms with Crippen LogP contribution in [-0.4, -0.2) is 18.4 Å². The summed E-state index contributed by atoms with van der Waals surface area (Å²) < 4.78 is 0. The number of nitrogens with one attached hydrogen (secondary N) is 1. The number of aryl methyl sites for hydroxylation is 2. The van der Waals surface area contributed by atoms with Crippen LogP contribution in [0.2, 0.25) is 0 Å². The van der Waals surface area contributed by atoms with E-state index in [1.807, 2.05) is 55.5 Å². The van der Waals surface area contributed by atoms with E-state index in [-0.39, 0.29) is 24.2 Å². The number of anilines is 2. The molecule has 1 fully saturated rings. The fourth-order valence-corrected chi connectivity index (χ4v) is 3.05. The minimum absolute atomic E-state index is 0.00535. The molecular weight excluding hydrogens is 300 g/mol. The molecule has 1 heterocycles. The van der Waals surface area contributed by atoms with Crippen LogP contribution in [0.5, 0.6) is 0 Å². The molecule has 4 heteroatoms. The van der Waals surface area contributed by atoms with Gasteiger partial charge < -0.3 is 10.2 Å². The third-order valence-corrected chi connectivity index (χ3v) is 4.53. The Labute approximate surface area is 142 Å². The highest BCUT2D eigenvalue weighted by molar-refractivity contribution is 6.03. The molecule has 0 bridgehead atoms. The van der Waals surface area contributed by atoms with E-state index in [2.05, 4.69) is 12.2 Å². The summed E-state index contributed by atoms with van der Waals surface area (Å²) in [6.07, 6.45) is 1.23. The first kappa shape index (κ1) is 16.2. The van der Waals surface area contributed by atoms with Crippen molar-refractivity contribution in [1.82, 2.24) is 0 Å². The Morgan fingerprint density at radius 2 is 1.88 bits per heavy atom. The van der Waals surface area contributed by atoms with Crippen molar-refractivity contribution in [2.24, 2.45) is 5.92 Å². The SMILES string of the molecule is CCc1ccc(NC(=O)[C@@H]2CC(=O)N(c3ccccc3C)C2)cc1. The maximum atomic E-state index is 12.5. The van der Waals surface area contributed by atoms with Gasteiger partial charge in [0.25, 0.3) is 0 Å². The lowest BCUT2D eigenvalue weighted by molar-refractivity contribution is -0.122. The van der Waals surface area contributed by atoms with Crippen LogP contribution in [0.3, 0.4) is 0 Å². The Bertz CT molecular complexity index is 752. The van der Waals surface area contributed by atoms with Crippen molar-refractivity contribution in [2.45, 2.75) is 26.7 Å². The molecule has 2 aromatic rings. The molecule has 24 heavy (non-hydrogen) atoms. The molecule has 0 spiro atoms. The molecule has 124 valence electrons. The molecule has 3 rings (SSSR count). The van der Waals surface area contributed by atoms with E-state index < -0.39 is 0 Å². The summed E-state index contributed by atoms with van der Waals surface area (Å²) in [5.74, 6) is -0.405. The largest absolute Gasteiger partial charge is 0.326 e. The number of amides is 2. The molecule has 4 nitrogen and oxygen atoms in total. The van der Waals surface area contributed by atoms with Crippen LogP contribution in [0, 0.1) is 12.8 Å². The summed E-state index contributed by atoms with van der Waals surface area (Å²) in [6.45, 7) is 4.51. The van der Waals surface area contributed by atoms with E-state index >= 15 is 0 Å². The zero-order chi connectivity index (χ0) is 17.1. The van der Waals surface area contributed by atoms with Crippen molar-refractivity contribution in [3.8, 4) is 0 Å². The summed E-state index contributed by atoms with van der Waals surface area (Å²) in [4.78, 5) is 26.5. The highest BCUT2D eigenvalue weighted by Crippen LogP contribution is 2.28. The molecule has 1 aliphatic rings. The molecule has 2 aromatic carbocycles. The third kappa shape index (κ3) is 3.32. The van der Waals surface area contributed by atoms with Gasteiger partial charge in [0.2, 0.25) is 11.8 Å². The monoisotopic (exact) mass is 322 g/mol. The first-order chi connectivity index (χ1) is 11.6. The zero-order valence-corrected chi connectivity index (χ0v) is 14.1. The van der Waals surface area contributed by atoms with Gasteiger partial charge in [0, 0.05) is 24.3 Å². The second-order valence-electron chi connectivity index (χ2n) is 6.23. The Hall–Kier alpha value is -2.62. The normalized spacial score (nSPS) is 17.2. The van der Waals surface area contributed by atoms with Crippen molar-refractivity contribution >= 4 is 23.2 Å². The van der Waals surface area contributed by atoms with Gasteiger partial charge in [0.15, 0.2) is 0 Å². The fraction of sp³-hybridized carbons (Fsp3) is 0.300. The van der Waals surface area contributed by atoms with Crippen molar-refractivity contribution in [3.05, 3.63) is 59.7 Å². The van der Waals surface area contributed by atoms with Crippen LogP contribution < -0.4 is 10.2 Å². The summed E-state index contributed by atoms with van der Waals surface area (Å²) in [5.41, 5.74) is 3.95. The van der Waals surface area contributed by atoms with Crippen LogP contribution in [-0.2, 0) is 16.0 Å². The first-order valence-electron chi connectivity index (χ1n) is 8.34. The van der Waals surface area contributed by atoms with Gasteiger partial charge in [-0.2, -0.15) is 0 Å². The lowest BCUT2D eigenvalue weighted by Gasteiger charge is -2.19. The summed E-state index contributed by atoms with van der Waals surface area (Å²) in [7, 11) is 0. The molecule has 0 saturated carbocycles. The molecule has 0 radical (unpaired) electrons. The zero-order valence-electron chi connectivity index (χ0n) is 14.1. The Morgan fingerprint density at radius 1 is 1.17 bits per heavy atom. The topological polar surface area (TPSA) is 49.4 Å². The number of nitrogens with zero attached hydrogens (tertiary/aromatic N) is 1. The lowest BCUT2D eigenvalue weighted by atomic mass is 10.1. The number of carbonyl (C=O) groups is 2. The molecule has 1 N–H and O–H groups in total. The van der Waals surface area contributed by atoms with Gasteiger partial charge in [-0.25, -0.2) is 0 Å². The summed E-state index contributed by atoms with van der Waals surface area (Å²) in [6, 6.07) is 15.6. The molecular formula is C20H22N2O2. The molecule has 0 aliphatic carbocycles. The van der Waals surface area contributed by atoms with Crippen LogP contribution in [0.1, 0.15) is 24.5 Å². The van der Waals surface area contributed by atoms with Crippen LogP contribution in [0.15, 0.2) is 48.5 Å². The predicted octanol–water partition coefficient (Wildman–Crippen LogP) is 3.55. The lowest BCUT2D eigenvalue weighted by Crippen LogP contribution is -2.28. The second kappa shape index (κ2) is 6.87. The predicted molar refractivity (Wildman–Crippen MR) is 96.1 cm³/mol. The highest BCUT2D eigenvalue weighted by atomic mass is 16.2. The van der Waals surface area contributed by atoms with E-state index in [9.17, 15) is 9.59 Å². The van der Waals surface area contributed by atoms with Gasteiger partial charge in [0.05, 0.1) is 5.92 Å². The van der Waals surface area contributed by atoms with Gasteiger partial charge in [-0.1, -0.05) is 37.3 Å². The second-order valence-corrected chi connectivity index (χ2v) is 6.23. The van der Waals surface area contributed by atoms with E-state index in [1.54, 1.807) is 4.90 Å². The third-order valence-electron chi connectivity index (χ3n) is 4.53. The molecule has 1 saturated heterocycles. The quantitative estimate of drug-likeness (QED) is 0.936. The average molecular weight is 322 g/mol. The molecule has 1 aliphatic heterocycles. The standard InChI is InChI=1S/C20H22N2O2/c1-3-15-8-10-17(11-9-15)21-20(24)16-12-19(23)22(13-16)18-7-5-4-6-14(18)2/h4-11,16H,3,12-13H2,1-2H3,(H,21,24)/t16-/m1/s1. The van der Waals surface area contributed by atoms with Gasteiger partial charge >= 0.3 is 0 Å². The van der Waals surface area contributed by atoms with E-state index in [0.717, 1.165) is 23.4 Å². The minimum Gasteiger partial charge on any atom is -0.326 e. The Balaban J connectivity index is 1.68. The van der Waals surface area contributed by atoms with Crippen LogP contribution in [0.25, 0.3) is 0 Å². The van der Waals surface area contributed by atoms with Gasteiger partial charge in [-0.3, -0.25) is 9.59 Å². The first-order valence-corrected chi connectivity index (χ1v) is 8.34. The van der Waals surface area contributed by atoms with Gasteiger partial charge in [0.1, 0.15) is 0 Å². The number of carbonyl (C=O) groups excluding carboxylic acids is 2. The number of benzene rings is 2. The minimum atomic E-state index is -0.317. The Morgan fingerprint density at radius 3 is 2.54 bits per heavy atom. The highest BCUT2D eigenvalue weighted by Gasteiger charge is 2.35. The number of hydrogen-bond donors (Lipinski definition) is 1. The van der Waals surface area contributed by atoms with Gasteiger partial charge in [-0.05, 0) is 42.7 Å². The fourth-order valence-electron chi connectivity index (χ4n) is 3.05. The van der Waals surface area contributed by atoms with E-state index in [0.29, 0.717) is 6.54 Å². The van der Waals surface area contributed by atoms with Crippen molar-refractivity contribution in [3.63, 3.8) is 0 Å². The number of hydrogen-bond acceptors (Lipinski definition) is 2. The van der Waals surface area contributed by atoms with Crippen molar-refractivity contribution in [2.75, 3.05) is 16.8 Å². The smallest absolute Gasteiger partial charge is 0.229 e.